The summed E-state index contributed by atoms with van der Waals surface area (Å²) in [5.74, 6) is 3.07. The Bertz CT molecular complexity index is 893. The molecule has 1 aliphatic carbocycles. The normalized spacial score (nSPS) is 17.7. The molecule has 0 bridgehead atoms. The molecule has 2 aliphatic rings. The van der Waals surface area contributed by atoms with Crippen LogP contribution in [0.1, 0.15) is 24.5 Å². The van der Waals surface area contributed by atoms with Crippen LogP contribution in [0.2, 0.25) is 0 Å². The Balaban J connectivity index is 1.18. The highest BCUT2D eigenvalue weighted by Crippen LogP contribution is 2.39. The molecule has 0 aromatic carbocycles. The van der Waals surface area contributed by atoms with E-state index in [0.717, 1.165) is 48.0 Å². The highest BCUT2D eigenvalue weighted by molar-refractivity contribution is 5.85. The Hall–Kier alpha value is -2.77. The molecule has 25 heavy (non-hydrogen) atoms. The molecule has 0 atom stereocenters. The molecule has 3 aromatic heterocycles. The van der Waals surface area contributed by atoms with Gasteiger partial charge >= 0.3 is 0 Å². The topological polar surface area (TPSA) is 84.7 Å². The van der Waals surface area contributed by atoms with Gasteiger partial charge in [-0.15, -0.1) is 5.10 Å². The minimum absolute atomic E-state index is 0.576. The van der Waals surface area contributed by atoms with Crippen LogP contribution >= 0.6 is 0 Å². The van der Waals surface area contributed by atoms with Crippen LogP contribution in [0, 0.1) is 5.92 Å². The third kappa shape index (κ3) is 2.67. The second-order valence-electron chi connectivity index (χ2n) is 6.97. The van der Waals surface area contributed by atoms with E-state index in [9.17, 15) is 0 Å². The van der Waals surface area contributed by atoms with Crippen molar-refractivity contribution in [3.8, 4) is 0 Å². The second kappa shape index (κ2) is 5.65. The van der Waals surface area contributed by atoms with Gasteiger partial charge in [0.1, 0.15) is 12.1 Å². The first kappa shape index (κ1) is 14.6. The fraction of sp³-hybridized carbons (Fsp3) is 0.471. The van der Waals surface area contributed by atoms with Crippen molar-refractivity contribution < 1.29 is 0 Å². The molecule has 5 rings (SSSR count). The van der Waals surface area contributed by atoms with E-state index < -0.39 is 0 Å². The highest BCUT2D eigenvalue weighted by Gasteiger charge is 2.29. The SMILES string of the molecule is Cn1ncc2c(NCC3CN(c4ccc(C5CC5)nn4)C3)ncnc21. The van der Waals surface area contributed by atoms with Gasteiger partial charge in [-0.1, -0.05) is 0 Å². The van der Waals surface area contributed by atoms with Gasteiger partial charge < -0.3 is 10.2 Å². The summed E-state index contributed by atoms with van der Waals surface area (Å²) in [6, 6.07) is 4.24. The lowest BCUT2D eigenvalue weighted by Gasteiger charge is -2.40. The Morgan fingerprint density at radius 3 is 2.80 bits per heavy atom. The van der Waals surface area contributed by atoms with Crippen LogP contribution in [-0.2, 0) is 7.05 Å². The zero-order valence-electron chi connectivity index (χ0n) is 14.1. The third-order valence-corrected chi connectivity index (χ3v) is 5.04. The van der Waals surface area contributed by atoms with E-state index in [2.05, 4.69) is 47.6 Å². The zero-order chi connectivity index (χ0) is 16.8. The van der Waals surface area contributed by atoms with E-state index in [-0.39, 0.29) is 0 Å². The summed E-state index contributed by atoms with van der Waals surface area (Å²) in [6.07, 6.45) is 5.91. The molecule has 0 amide bonds. The number of aromatic nitrogens is 6. The van der Waals surface area contributed by atoms with Gasteiger partial charge in [0.15, 0.2) is 11.5 Å². The van der Waals surface area contributed by atoms with Gasteiger partial charge in [-0.3, -0.25) is 4.68 Å². The molecule has 8 heteroatoms. The van der Waals surface area contributed by atoms with Crippen molar-refractivity contribution in [3.63, 3.8) is 0 Å². The number of hydrogen-bond acceptors (Lipinski definition) is 7. The molecule has 1 saturated carbocycles. The zero-order valence-corrected chi connectivity index (χ0v) is 14.1. The number of hydrogen-bond donors (Lipinski definition) is 1. The van der Waals surface area contributed by atoms with Crippen LogP contribution in [0.25, 0.3) is 11.0 Å². The summed E-state index contributed by atoms with van der Waals surface area (Å²) in [4.78, 5) is 10.9. The van der Waals surface area contributed by atoms with Crippen molar-refractivity contribution in [2.75, 3.05) is 29.9 Å². The third-order valence-electron chi connectivity index (χ3n) is 5.04. The predicted octanol–water partition coefficient (Wildman–Crippen LogP) is 1.58. The van der Waals surface area contributed by atoms with Gasteiger partial charge in [0.2, 0.25) is 0 Å². The molecule has 2 fully saturated rings. The maximum absolute atomic E-state index is 4.38. The number of fused-ring (bicyclic) bond motifs is 1. The van der Waals surface area contributed by atoms with Gasteiger partial charge in [0.25, 0.3) is 0 Å². The van der Waals surface area contributed by atoms with Crippen LogP contribution in [0.5, 0.6) is 0 Å². The monoisotopic (exact) mass is 336 g/mol. The molecule has 0 radical (unpaired) electrons. The Labute approximate surface area is 145 Å². The van der Waals surface area contributed by atoms with Crippen LogP contribution in [0.4, 0.5) is 11.6 Å². The van der Waals surface area contributed by atoms with Crippen molar-refractivity contribution in [1.82, 2.24) is 29.9 Å². The summed E-state index contributed by atoms with van der Waals surface area (Å²) >= 11 is 0. The lowest BCUT2D eigenvalue weighted by atomic mass is 10.0. The first-order valence-electron chi connectivity index (χ1n) is 8.73. The molecule has 1 N–H and O–H groups in total. The second-order valence-corrected chi connectivity index (χ2v) is 6.97. The van der Waals surface area contributed by atoms with Crippen LogP contribution in [-0.4, -0.2) is 49.6 Å². The lowest BCUT2D eigenvalue weighted by Crippen LogP contribution is -2.50. The average molecular weight is 336 g/mol. The first-order chi connectivity index (χ1) is 12.3. The molecule has 1 aliphatic heterocycles. The Morgan fingerprint density at radius 1 is 1.16 bits per heavy atom. The van der Waals surface area contributed by atoms with Crippen LogP contribution in [0.15, 0.2) is 24.7 Å². The summed E-state index contributed by atoms with van der Waals surface area (Å²) in [5, 5.41) is 17.4. The summed E-state index contributed by atoms with van der Waals surface area (Å²) in [7, 11) is 1.89. The Kier molecular flexibility index (Phi) is 3.29. The van der Waals surface area contributed by atoms with Gasteiger partial charge in [0.05, 0.1) is 17.3 Å². The van der Waals surface area contributed by atoms with Crippen molar-refractivity contribution in [2.24, 2.45) is 13.0 Å². The molecular weight excluding hydrogens is 316 g/mol. The maximum atomic E-state index is 4.38. The summed E-state index contributed by atoms with van der Waals surface area (Å²) in [6.45, 7) is 2.86. The van der Waals surface area contributed by atoms with Crippen LogP contribution in [0.3, 0.4) is 0 Å². The van der Waals surface area contributed by atoms with Crippen molar-refractivity contribution in [3.05, 3.63) is 30.4 Å². The van der Waals surface area contributed by atoms with E-state index in [0.29, 0.717) is 11.8 Å². The number of aryl methyl sites for hydroxylation is 1. The quantitative estimate of drug-likeness (QED) is 0.757. The fourth-order valence-corrected chi connectivity index (χ4v) is 3.33. The first-order valence-corrected chi connectivity index (χ1v) is 8.73. The molecule has 3 aromatic rings. The number of rotatable bonds is 5. The van der Waals surface area contributed by atoms with E-state index in [1.165, 1.54) is 12.8 Å². The average Bonchev–Trinajstić information content (AvgIpc) is 3.38. The van der Waals surface area contributed by atoms with E-state index in [1.54, 1.807) is 11.0 Å². The van der Waals surface area contributed by atoms with E-state index >= 15 is 0 Å². The van der Waals surface area contributed by atoms with E-state index in [1.807, 2.05) is 13.2 Å². The summed E-state index contributed by atoms with van der Waals surface area (Å²) in [5.41, 5.74) is 1.99. The number of nitrogens with one attached hydrogen (secondary N) is 1. The van der Waals surface area contributed by atoms with E-state index in [4.69, 9.17) is 0 Å². The maximum Gasteiger partial charge on any atom is 0.163 e. The standard InChI is InChI=1S/C17H20N8/c1-24-17-13(7-21-24)16(19-10-20-17)18-6-11-8-25(9-11)15-5-4-14(22-23-15)12-2-3-12/h4-5,7,10-12H,2-3,6,8-9H2,1H3,(H,18,19,20). The number of anilines is 2. The minimum atomic E-state index is 0.576. The van der Waals surface area contributed by atoms with Gasteiger partial charge in [-0.25, -0.2) is 9.97 Å². The van der Waals surface area contributed by atoms with Gasteiger partial charge in [-0.05, 0) is 25.0 Å². The Morgan fingerprint density at radius 2 is 2.04 bits per heavy atom. The van der Waals surface area contributed by atoms with Gasteiger partial charge in [-0.2, -0.15) is 10.2 Å². The molecule has 0 unspecified atom stereocenters. The van der Waals surface area contributed by atoms with Crippen molar-refractivity contribution >= 4 is 22.7 Å². The molecule has 0 spiro atoms. The minimum Gasteiger partial charge on any atom is -0.369 e. The smallest absolute Gasteiger partial charge is 0.163 e. The molecular formula is C17H20N8. The molecule has 8 nitrogen and oxygen atoms in total. The summed E-state index contributed by atoms with van der Waals surface area (Å²) < 4.78 is 1.76. The lowest BCUT2D eigenvalue weighted by molar-refractivity contribution is 0.425. The van der Waals surface area contributed by atoms with Crippen LogP contribution < -0.4 is 10.2 Å². The molecule has 4 heterocycles. The molecule has 1 saturated heterocycles. The predicted molar refractivity (Wildman–Crippen MR) is 94.5 cm³/mol. The fourth-order valence-electron chi connectivity index (χ4n) is 3.33. The van der Waals surface area contributed by atoms with Gasteiger partial charge in [0, 0.05) is 38.5 Å². The number of nitrogens with zero attached hydrogens (tertiary/aromatic N) is 7. The van der Waals surface area contributed by atoms with Crippen molar-refractivity contribution in [1.29, 1.82) is 0 Å². The van der Waals surface area contributed by atoms with Crippen molar-refractivity contribution in [2.45, 2.75) is 18.8 Å². The largest absolute Gasteiger partial charge is 0.369 e. The molecule has 128 valence electrons. The highest BCUT2D eigenvalue weighted by atomic mass is 15.3.